The molecule has 8 heteroatoms. The lowest BCUT2D eigenvalue weighted by Crippen LogP contribution is -2.51. The molecular weight excluding hydrogens is 520 g/mol. The Morgan fingerprint density at radius 2 is 1.85 bits per heavy atom. The van der Waals surface area contributed by atoms with E-state index in [0.29, 0.717) is 44.6 Å². The van der Waals surface area contributed by atoms with E-state index in [0.717, 1.165) is 31.6 Å². The number of rotatable bonds is 4. The number of para-hydroxylation sites is 2. The number of anilines is 1. The standard InChI is InChI=1S/C32H36N4O3S/c1-2-32-14-8-15-33-16-13-26-25-11-6-7-12-27(25)35(28(26)29(32)33)24(21-32)22-39-31(40)36(23-9-4-3-5-10-23)30(37)34-17-19-38-20-18-34/h3-7,9-12,21,29H,2,8,13-20,22H2,1H3/t29-,32+/m1/s1. The molecule has 7 nitrogen and oxygen atoms in total. The van der Waals surface area contributed by atoms with Gasteiger partial charge in [0.1, 0.15) is 6.61 Å². The fourth-order valence-corrected chi connectivity index (χ4v) is 7.70. The number of benzene rings is 2. The molecule has 2 aromatic carbocycles. The lowest BCUT2D eigenvalue weighted by Gasteiger charge is -2.53. The van der Waals surface area contributed by atoms with Gasteiger partial charge in [-0.15, -0.1) is 0 Å². The minimum atomic E-state index is -0.172. The van der Waals surface area contributed by atoms with Gasteiger partial charge in [-0.25, -0.2) is 9.69 Å². The summed E-state index contributed by atoms with van der Waals surface area (Å²) < 4.78 is 14.3. The Kier molecular flexibility index (Phi) is 6.65. The number of aromatic nitrogens is 1. The molecule has 208 valence electrons. The fourth-order valence-electron chi connectivity index (χ4n) is 7.46. The van der Waals surface area contributed by atoms with Crippen molar-refractivity contribution in [3.05, 3.63) is 71.9 Å². The Balaban J connectivity index is 1.25. The van der Waals surface area contributed by atoms with Crippen LogP contribution in [-0.4, -0.2) is 71.6 Å². The van der Waals surface area contributed by atoms with Crippen LogP contribution in [0.15, 0.2) is 60.7 Å². The quantitative estimate of drug-likeness (QED) is 0.378. The second-order valence-electron chi connectivity index (χ2n) is 11.3. The van der Waals surface area contributed by atoms with E-state index in [4.69, 9.17) is 21.7 Å². The van der Waals surface area contributed by atoms with Crippen LogP contribution in [0.25, 0.3) is 16.6 Å². The fraction of sp³-hybridized carbons (Fsp3) is 0.438. The van der Waals surface area contributed by atoms with Gasteiger partial charge in [0.15, 0.2) is 0 Å². The van der Waals surface area contributed by atoms with Crippen LogP contribution in [0.2, 0.25) is 0 Å². The van der Waals surface area contributed by atoms with Crippen LogP contribution in [0.1, 0.15) is 43.5 Å². The Labute approximate surface area is 240 Å². The zero-order valence-electron chi connectivity index (χ0n) is 23.1. The minimum absolute atomic E-state index is 0.0703. The van der Waals surface area contributed by atoms with Crippen molar-refractivity contribution >= 4 is 45.7 Å². The Morgan fingerprint density at radius 3 is 2.65 bits per heavy atom. The van der Waals surface area contributed by atoms with E-state index < -0.39 is 0 Å². The van der Waals surface area contributed by atoms with Gasteiger partial charge in [0.05, 0.1) is 36.2 Å². The number of nitrogens with zero attached hydrogens (tertiary/aromatic N) is 4. The van der Waals surface area contributed by atoms with E-state index in [-0.39, 0.29) is 16.6 Å². The summed E-state index contributed by atoms with van der Waals surface area (Å²) in [5.41, 5.74) is 6.05. The Bertz CT molecular complexity index is 1480. The summed E-state index contributed by atoms with van der Waals surface area (Å²) >= 11 is 5.85. The molecule has 2 saturated heterocycles. The van der Waals surface area contributed by atoms with Crippen molar-refractivity contribution < 1.29 is 14.3 Å². The molecule has 0 unspecified atom stereocenters. The molecule has 7 rings (SSSR count). The number of urea groups is 1. The first kappa shape index (κ1) is 25.7. The lowest BCUT2D eigenvalue weighted by molar-refractivity contribution is 0.0264. The second kappa shape index (κ2) is 10.3. The van der Waals surface area contributed by atoms with E-state index >= 15 is 0 Å². The van der Waals surface area contributed by atoms with Crippen molar-refractivity contribution in [1.82, 2.24) is 14.4 Å². The van der Waals surface area contributed by atoms with Gasteiger partial charge in [-0.05, 0) is 68.2 Å². The molecule has 0 saturated carbocycles. The van der Waals surface area contributed by atoms with Crippen LogP contribution in [0.4, 0.5) is 10.5 Å². The van der Waals surface area contributed by atoms with Gasteiger partial charge in [0.25, 0.3) is 5.17 Å². The van der Waals surface area contributed by atoms with Crippen LogP contribution in [0.3, 0.4) is 0 Å². The average Bonchev–Trinajstić information content (AvgIpc) is 3.35. The number of ether oxygens (including phenoxy) is 2. The number of carbonyl (C=O) groups is 1. The molecule has 2 amide bonds. The Hall–Kier alpha value is -3.20. The summed E-state index contributed by atoms with van der Waals surface area (Å²) in [7, 11) is 0. The maximum Gasteiger partial charge on any atom is 0.332 e. The number of piperidine rings is 1. The number of hydrogen-bond donors (Lipinski definition) is 0. The molecule has 0 N–H and O–H groups in total. The first-order valence-electron chi connectivity index (χ1n) is 14.6. The molecule has 0 spiro atoms. The number of hydrogen-bond acceptors (Lipinski definition) is 5. The van der Waals surface area contributed by atoms with Crippen molar-refractivity contribution in [2.24, 2.45) is 5.41 Å². The molecule has 3 aromatic rings. The molecule has 4 aliphatic rings. The van der Waals surface area contributed by atoms with Crippen molar-refractivity contribution in [2.75, 3.05) is 50.9 Å². The molecule has 40 heavy (non-hydrogen) atoms. The summed E-state index contributed by atoms with van der Waals surface area (Å²) in [6.07, 6.45) is 7.01. The SMILES string of the molecule is CC[C@@]12C=C(COC(=S)N(C(=O)N3CCOCC3)c3ccccc3)n3c4c(c5ccccc53)CCN(CCC1)[C@H]42. The summed E-state index contributed by atoms with van der Waals surface area (Å²) in [4.78, 5) is 19.7. The highest BCUT2D eigenvalue weighted by atomic mass is 32.1. The molecule has 0 radical (unpaired) electrons. The zero-order chi connectivity index (χ0) is 27.3. The van der Waals surface area contributed by atoms with E-state index in [2.05, 4.69) is 46.7 Å². The largest absolute Gasteiger partial charge is 0.464 e. The summed E-state index contributed by atoms with van der Waals surface area (Å²) in [6.45, 7) is 7.03. The number of amides is 2. The van der Waals surface area contributed by atoms with Crippen LogP contribution in [0.5, 0.6) is 0 Å². The molecule has 5 heterocycles. The van der Waals surface area contributed by atoms with Gasteiger partial charge in [0, 0.05) is 36.1 Å². The summed E-state index contributed by atoms with van der Waals surface area (Å²) in [5.74, 6) is 0. The smallest absolute Gasteiger partial charge is 0.332 e. The van der Waals surface area contributed by atoms with Crippen LogP contribution in [0, 0.1) is 5.41 Å². The van der Waals surface area contributed by atoms with Gasteiger partial charge in [-0.1, -0.05) is 49.4 Å². The van der Waals surface area contributed by atoms with Gasteiger partial charge in [0.2, 0.25) is 0 Å². The third-order valence-electron chi connectivity index (χ3n) is 9.34. The van der Waals surface area contributed by atoms with Crippen molar-refractivity contribution in [1.29, 1.82) is 0 Å². The number of fused-ring (bicyclic) bond motifs is 3. The first-order chi connectivity index (χ1) is 19.6. The number of morpholine rings is 1. The molecule has 0 aliphatic carbocycles. The molecule has 4 aliphatic heterocycles. The molecule has 1 aromatic heterocycles. The highest BCUT2D eigenvalue weighted by Crippen LogP contribution is 2.57. The topological polar surface area (TPSA) is 50.2 Å². The number of thiocarbonyl (C=S) groups is 1. The maximum atomic E-state index is 13.7. The monoisotopic (exact) mass is 556 g/mol. The molecule has 0 bridgehead atoms. The second-order valence-corrected chi connectivity index (χ2v) is 11.7. The molecule has 2 atom stereocenters. The molecular formula is C32H36N4O3S. The lowest BCUT2D eigenvalue weighted by atomic mass is 9.66. The van der Waals surface area contributed by atoms with E-state index in [1.54, 1.807) is 4.90 Å². The first-order valence-corrected chi connectivity index (χ1v) is 15.0. The Morgan fingerprint density at radius 1 is 1.07 bits per heavy atom. The van der Waals surface area contributed by atoms with Crippen LogP contribution in [-0.2, 0) is 15.9 Å². The predicted octanol–water partition coefficient (Wildman–Crippen LogP) is 5.85. The predicted molar refractivity (Wildman–Crippen MR) is 161 cm³/mol. The normalized spacial score (nSPS) is 23.9. The van der Waals surface area contributed by atoms with Gasteiger partial charge in [-0.2, -0.15) is 0 Å². The molecule has 2 fully saturated rings. The van der Waals surface area contributed by atoms with Crippen molar-refractivity contribution in [3.8, 4) is 0 Å². The number of carbonyl (C=O) groups excluding carboxylic acids is 1. The van der Waals surface area contributed by atoms with Crippen LogP contribution < -0.4 is 4.90 Å². The van der Waals surface area contributed by atoms with Gasteiger partial charge < -0.3 is 18.9 Å². The highest BCUT2D eigenvalue weighted by Gasteiger charge is 2.50. The van der Waals surface area contributed by atoms with Crippen molar-refractivity contribution in [2.45, 2.75) is 38.6 Å². The van der Waals surface area contributed by atoms with Gasteiger partial charge in [-0.3, -0.25) is 4.90 Å². The maximum absolute atomic E-state index is 13.7. The highest BCUT2D eigenvalue weighted by molar-refractivity contribution is 7.80. The van der Waals surface area contributed by atoms with Crippen molar-refractivity contribution in [3.63, 3.8) is 0 Å². The third kappa shape index (κ3) is 4.07. The summed E-state index contributed by atoms with van der Waals surface area (Å²) in [6, 6.07) is 18.6. The van der Waals surface area contributed by atoms with E-state index in [1.165, 1.54) is 39.9 Å². The third-order valence-corrected chi connectivity index (χ3v) is 9.64. The minimum Gasteiger partial charge on any atom is -0.464 e. The van der Waals surface area contributed by atoms with Crippen LogP contribution >= 0.6 is 12.2 Å². The summed E-state index contributed by atoms with van der Waals surface area (Å²) in [5, 5.41) is 1.52. The van der Waals surface area contributed by atoms with Gasteiger partial charge >= 0.3 is 6.03 Å². The average molecular weight is 557 g/mol. The zero-order valence-corrected chi connectivity index (χ0v) is 23.9. The van der Waals surface area contributed by atoms with E-state index in [1.807, 2.05) is 30.3 Å². The van der Waals surface area contributed by atoms with E-state index in [9.17, 15) is 4.79 Å².